The summed E-state index contributed by atoms with van der Waals surface area (Å²) in [7, 11) is 1.60. The van der Waals surface area contributed by atoms with Gasteiger partial charge < -0.3 is 15.2 Å². The van der Waals surface area contributed by atoms with Gasteiger partial charge in [-0.15, -0.1) is 0 Å². The molecule has 1 amide bonds. The number of para-hydroxylation sites is 1. The smallest absolute Gasteiger partial charge is 0.223 e. The number of hydrogen-bond donors (Lipinski definition) is 2. The van der Waals surface area contributed by atoms with Crippen LogP contribution in [0.4, 0.5) is 0 Å². The highest BCUT2D eigenvalue weighted by Gasteiger charge is 2.27. The molecule has 2 aromatic carbocycles. The minimum atomic E-state index is -0.879. The number of carbonyl (C=O) groups excluding carboxylic acids is 1. The summed E-state index contributed by atoms with van der Waals surface area (Å²) < 4.78 is 5.36. The standard InChI is InChI=1S/C19H22ClNO3/c1-19(2,15-6-4-5-7-17(15)24-3)21-18(23)12-16(22)13-8-10-14(20)11-9-13/h4-11,16,22H,12H2,1-3H3,(H,21,23). The fourth-order valence-corrected chi connectivity index (χ4v) is 2.73. The fraction of sp³-hybridized carbons (Fsp3) is 0.316. The molecule has 0 aliphatic rings. The molecule has 0 bridgehead atoms. The number of amides is 1. The molecule has 24 heavy (non-hydrogen) atoms. The zero-order valence-corrected chi connectivity index (χ0v) is 14.8. The van der Waals surface area contributed by atoms with E-state index < -0.39 is 11.6 Å². The Hall–Kier alpha value is -2.04. The molecular weight excluding hydrogens is 326 g/mol. The monoisotopic (exact) mass is 347 g/mol. The molecule has 0 aromatic heterocycles. The maximum atomic E-state index is 12.3. The first-order chi connectivity index (χ1) is 11.3. The van der Waals surface area contributed by atoms with Crippen LogP contribution >= 0.6 is 11.6 Å². The van der Waals surface area contributed by atoms with Crippen molar-refractivity contribution in [1.29, 1.82) is 0 Å². The molecule has 0 fully saturated rings. The van der Waals surface area contributed by atoms with Crippen molar-refractivity contribution >= 4 is 17.5 Å². The molecule has 128 valence electrons. The number of rotatable bonds is 6. The number of aliphatic hydroxyl groups excluding tert-OH is 1. The predicted molar refractivity (Wildman–Crippen MR) is 95.2 cm³/mol. The lowest BCUT2D eigenvalue weighted by atomic mass is 9.92. The van der Waals surface area contributed by atoms with E-state index in [9.17, 15) is 9.90 Å². The van der Waals surface area contributed by atoms with Crippen LogP contribution in [0.5, 0.6) is 5.75 Å². The van der Waals surface area contributed by atoms with Crippen molar-refractivity contribution < 1.29 is 14.6 Å². The van der Waals surface area contributed by atoms with Gasteiger partial charge >= 0.3 is 0 Å². The van der Waals surface area contributed by atoms with E-state index in [1.165, 1.54) is 0 Å². The summed E-state index contributed by atoms with van der Waals surface area (Å²) in [6, 6.07) is 14.4. The van der Waals surface area contributed by atoms with Gasteiger partial charge in [-0.2, -0.15) is 0 Å². The van der Waals surface area contributed by atoms with Gasteiger partial charge in [0.2, 0.25) is 5.91 Å². The molecule has 2 N–H and O–H groups in total. The minimum absolute atomic E-state index is 0.0276. The first kappa shape index (κ1) is 18.3. The second kappa shape index (κ2) is 7.69. The maximum Gasteiger partial charge on any atom is 0.223 e. The Balaban J connectivity index is 2.06. The van der Waals surface area contributed by atoms with Gasteiger partial charge in [0.25, 0.3) is 0 Å². The zero-order valence-electron chi connectivity index (χ0n) is 14.0. The fourth-order valence-electron chi connectivity index (χ4n) is 2.61. The number of aliphatic hydroxyl groups is 1. The van der Waals surface area contributed by atoms with Crippen LogP contribution in [0.15, 0.2) is 48.5 Å². The number of methoxy groups -OCH3 is 1. The summed E-state index contributed by atoms with van der Waals surface area (Å²) in [6.07, 6.45) is -0.907. The first-order valence-electron chi connectivity index (χ1n) is 7.71. The van der Waals surface area contributed by atoms with Crippen LogP contribution in [0.1, 0.15) is 37.5 Å². The summed E-state index contributed by atoms with van der Waals surface area (Å²) in [6.45, 7) is 3.80. The van der Waals surface area contributed by atoms with E-state index in [1.807, 2.05) is 38.1 Å². The van der Waals surface area contributed by atoms with E-state index in [0.717, 1.165) is 5.56 Å². The average Bonchev–Trinajstić information content (AvgIpc) is 2.54. The third kappa shape index (κ3) is 4.49. The molecule has 1 atom stereocenters. The second-order valence-electron chi connectivity index (χ2n) is 6.14. The number of nitrogens with one attached hydrogen (secondary N) is 1. The number of carbonyl (C=O) groups is 1. The lowest BCUT2D eigenvalue weighted by Gasteiger charge is -2.29. The highest BCUT2D eigenvalue weighted by Crippen LogP contribution is 2.29. The van der Waals surface area contributed by atoms with E-state index in [0.29, 0.717) is 16.3 Å². The van der Waals surface area contributed by atoms with Crippen LogP contribution in [0.25, 0.3) is 0 Å². The lowest BCUT2D eigenvalue weighted by molar-refractivity contribution is -0.124. The molecule has 0 saturated carbocycles. The minimum Gasteiger partial charge on any atom is -0.496 e. The molecule has 4 nitrogen and oxygen atoms in total. The van der Waals surface area contributed by atoms with E-state index in [4.69, 9.17) is 16.3 Å². The van der Waals surface area contributed by atoms with Crippen molar-refractivity contribution in [2.45, 2.75) is 31.9 Å². The summed E-state index contributed by atoms with van der Waals surface area (Å²) in [5, 5.41) is 13.8. The quantitative estimate of drug-likeness (QED) is 0.835. The lowest BCUT2D eigenvalue weighted by Crippen LogP contribution is -2.41. The van der Waals surface area contributed by atoms with Crippen molar-refractivity contribution in [3.05, 3.63) is 64.7 Å². The van der Waals surface area contributed by atoms with E-state index in [2.05, 4.69) is 5.32 Å². The molecule has 0 saturated heterocycles. The van der Waals surface area contributed by atoms with Gasteiger partial charge in [-0.25, -0.2) is 0 Å². The van der Waals surface area contributed by atoms with Gasteiger partial charge in [-0.1, -0.05) is 41.9 Å². The molecule has 5 heteroatoms. The number of benzene rings is 2. The second-order valence-corrected chi connectivity index (χ2v) is 6.58. The Kier molecular flexibility index (Phi) is 5.86. The Morgan fingerprint density at radius 1 is 1.21 bits per heavy atom. The molecule has 2 rings (SSSR count). The largest absolute Gasteiger partial charge is 0.496 e. The SMILES string of the molecule is COc1ccccc1C(C)(C)NC(=O)CC(O)c1ccc(Cl)cc1. The van der Waals surface area contributed by atoms with Crippen molar-refractivity contribution in [1.82, 2.24) is 5.32 Å². The predicted octanol–water partition coefficient (Wildman–Crippen LogP) is 3.82. The molecule has 1 unspecified atom stereocenters. The van der Waals surface area contributed by atoms with Gasteiger partial charge in [0.05, 0.1) is 25.2 Å². The van der Waals surface area contributed by atoms with Gasteiger partial charge in [0.1, 0.15) is 5.75 Å². The third-order valence-electron chi connectivity index (χ3n) is 3.87. The van der Waals surface area contributed by atoms with Crippen molar-refractivity contribution in [2.75, 3.05) is 7.11 Å². The van der Waals surface area contributed by atoms with Crippen molar-refractivity contribution in [3.8, 4) is 5.75 Å². The van der Waals surface area contributed by atoms with E-state index >= 15 is 0 Å². The van der Waals surface area contributed by atoms with Crippen molar-refractivity contribution in [3.63, 3.8) is 0 Å². The summed E-state index contributed by atoms with van der Waals surface area (Å²) >= 11 is 5.83. The third-order valence-corrected chi connectivity index (χ3v) is 4.12. The normalized spacial score (nSPS) is 12.5. The van der Waals surface area contributed by atoms with Crippen LogP contribution < -0.4 is 10.1 Å². The van der Waals surface area contributed by atoms with Crippen LogP contribution in [0.3, 0.4) is 0 Å². The van der Waals surface area contributed by atoms with Crippen LogP contribution in [0, 0.1) is 0 Å². The number of halogens is 1. The van der Waals surface area contributed by atoms with Crippen LogP contribution in [-0.4, -0.2) is 18.1 Å². The summed E-state index contributed by atoms with van der Waals surface area (Å²) in [5.41, 5.74) is 0.912. The summed E-state index contributed by atoms with van der Waals surface area (Å²) in [4.78, 5) is 12.3. The molecule has 0 aliphatic carbocycles. The first-order valence-corrected chi connectivity index (χ1v) is 8.09. The molecule has 0 spiro atoms. The Bertz CT molecular complexity index is 698. The topological polar surface area (TPSA) is 58.6 Å². The zero-order chi connectivity index (χ0) is 17.7. The molecule has 2 aromatic rings. The number of ether oxygens (including phenoxy) is 1. The highest BCUT2D eigenvalue weighted by molar-refractivity contribution is 6.30. The Labute approximate surface area is 147 Å². The van der Waals surface area contributed by atoms with Gasteiger partial charge in [-0.05, 0) is 37.6 Å². The average molecular weight is 348 g/mol. The number of hydrogen-bond acceptors (Lipinski definition) is 3. The Morgan fingerprint density at radius 3 is 2.46 bits per heavy atom. The summed E-state index contributed by atoms with van der Waals surface area (Å²) in [5.74, 6) is 0.467. The van der Waals surface area contributed by atoms with Crippen molar-refractivity contribution in [2.24, 2.45) is 0 Å². The van der Waals surface area contributed by atoms with Crippen LogP contribution in [-0.2, 0) is 10.3 Å². The molecule has 0 heterocycles. The van der Waals surface area contributed by atoms with E-state index in [-0.39, 0.29) is 12.3 Å². The van der Waals surface area contributed by atoms with Gasteiger partial charge in [0, 0.05) is 10.6 Å². The Morgan fingerprint density at radius 2 is 1.83 bits per heavy atom. The highest BCUT2D eigenvalue weighted by atomic mass is 35.5. The van der Waals surface area contributed by atoms with Gasteiger partial charge in [-0.3, -0.25) is 4.79 Å². The molecule has 0 radical (unpaired) electrons. The maximum absolute atomic E-state index is 12.3. The molecular formula is C19H22ClNO3. The van der Waals surface area contributed by atoms with Gasteiger partial charge in [0.15, 0.2) is 0 Å². The molecule has 0 aliphatic heterocycles. The van der Waals surface area contributed by atoms with Crippen LogP contribution in [0.2, 0.25) is 5.02 Å². The van der Waals surface area contributed by atoms with E-state index in [1.54, 1.807) is 31.4 Å².